The largest absolute Gasteiger partial charge is 0.488 e. The van der Waals surface area contributed by atoms with Crippen LogP contribution in [0, 0.1) is 24.1 Å². The lowest BCUT2D eigenvalue weighted by Crippen LogP contribution is -2.11. The van der Waals surface area contributed by atoms with E-state index < -0.39 is 0 Å². The van der Waals surface area contributed by atoms with E-state index in [0.717, 1.165) is 11.3 Å². The third-order valence-electron chi connectivity index (χ3n) is 4.72. The van der Waals surface area contributed by atoms with Gasteiger partial charge in [0, 0.05) is 23.7 Å². The average molecular weight is 388 g/mol. The molecule has 29 heavy (non-hydrogen) atoms. The van der Waals surface area contributed by atoms with Crippen LogP contribution in [0.3, 0.4) is 0 Å². The molecule has 0 saturated heterocycles. The summed E-state index contributed by atoms with van der Waals surface area (Å²) >= 11 is 0. The number of hydrogen-bond acceptors (Lipinski definition) is 4. The SMILES string of the molecule is Cc1c(CC#N)nc2ccc(-c3c(OCc4ccc(F)cc4)cc[nH]c3=O)cn12. The van der Waals surface area contributed by atoms with Gasteiger partial charge in [0.2, 0.25) is 0 Å². The molecule has 1 aromatic carbocycles. The molecule has 0 unspecified atom stereocenters. The van der Waals surface area contributed by atoms with Gasteiger partial charge in [0.1, 0.15) is 23.8 Å². The summed E-state index contributed by atoms with van der Waals surface area (Å²) in [7, 11) is 0. The molecule has 3 heterocycles. The molecule has 0 aliphatic heterocycles. The number of halogens is 1. The number of nitrogens with one attached hydrogen (secondary N) is 1. The highest BCUT2D eigenvalue weighted by Gasteiger charge is 2.14. The first-order valence-electron chi connectivity index (χ1n) is 9.00. The predicted octanol–water partition coefficient (Wildman–Crippen LogP) is 3.78. The van der Waals surface area contributed by atoms with Crippen molar-refractivity contribution in [3.63, 3.8) is 0 Å². The third kappa shape index (κ3) is 3.60. The third-order valence-corrected chi connectivity index (χ3v) is 4.72. The highest BCUT2D eigenvalue weighted by Crippen LogP contribution is 2.28. The number of hydrogen-bond donors (Lipinski definition) is 1. The molecular weight excluding hydrogens is 371 g/mol. The van der Waals surface area contributed by atoms with Crippen molar-refractivity contribution in [3.8, 4) is 22.9 Å². The number of pyridine rings is 2. The van der Waals surface area contributed by atoms with E-state index in [4.69, 9.17) is 10.00 Å². The second-order valence-corrected chi connectivity index (χ2v) is 6.59. The molecule has 6 nitrogen and oxygen atoms in total. The van der Waals surface area contributed by atoms with Gasteiger partial charge in [0.05, 0.1) is 23.7 Å². The standard InChI is InChI=1S/C22H17FN4O2/c1-14-18(8-10-24)26-20-7-4-16(12-27(14)20)21-19(9-11-25-22(21)28)29-13-15-2-5-17(23)6-3-15/h2-7,9,11-12H,8,13H2,1H3,(H,25,28). The first kappa shape index (κ1) is 18.4. The Morgan fingerprint density at radius 1 is 1.21 bits per heavy atom. The minimum atomic E-state index is -0.314. The normalized spacial score (nSPS) is 10.8. The Hall–Kier alpha value is -3.92. The Morgan fingerprint density at radius 3 is 2.76 bits per heavy atom. The monoisotopic (exact) mass is 388 g/mol. The first-order valence-corrected chi connectivity index (χ1v) is 9.00. The van der Waals surface area contributed by atoms with Crippen LogP contribution in [-0.4, -0.2) is 14.4 Å². The van der Waals surface area contributed by atoms with E-state index in [1.165, 1.54) is 18.3 Å². The van der Waals surface area contributed by atoms with Gasteiger partial charge in [-0.05, 0) is 42.8 Å². The van der Waals surface area contributed by atoms with Crippen LogP contribution in [0.2, 0.25) is 0 Å². The van der Waals surface area contributed by atoms with Gasteiger partial charge in [-0.1, -0.05) is 12.1 Å². The van der Waals surface area contributed by atoms with Crippen LogP contribution in [0.1, 0.15) is 17.0 Å². The van der Waals surface area contributed by atoms with Crippen molar-refractivity contribution in [1.82, 2.24) is 14.4 Å². The molecule has 0 radical (unpaired) electrons. The number of imidazole rings is 1. The van der Waals surface area contributed by atoms with Crippen molar-refractivity contribution in [2.75, 3.05) is 0 Å². The lowest BCUT2D eigenvalue weighted by molar-refractivity contribution is 0.306. The van der Waals surface area contributed by atoms with Crippen LogP contribution >= 0.6 is 0 Å². The van der Waals surface area contributed by atoms with Crippen LogP contribution in [0.4, 0.5) is 4.39 Å². The number of benzene rings is 1. The predicted molar refractivity (Wildman–Crippen MR) is 106 cm³/mol. The molecule has 7 heteroatoms. The van der Waals surface area contributed by atoms with Gasteiger partial charge in [-0.2, -0.15) is 5.26 Å². The number of nitriles is 1. The Kier molecular flexibility index (Phi) is 4.83. The molecule has 0 aliphatic rings. The van der Waals surface area contributed by atoms with Crippen molar-refractivity contribution in [2.24, 2.45) is 0 Å². The van der Waals surface area contributed by atoms with E-state index in [1.54, 1.807) is 30.3 Å². The quantitative estimate of drug-likeness (QED) is 0.564. The summed E-state index contributed by atoms with van der Waals surface area (Å²) in [5.41, 5.74) is 3.83. The van der Waals surface area contributed by atoms with Crippen LogP contribution in [0.25, 0.3) is 16.8 Å². The van der Waals surface area contributed by atoms with Crippen molar-refractivity contribution in [1.29, 1.82) is 5.26 Å². The zero-order valence-corrected chi connectivity index (χ0v) is 15.6. The van der Waals surface area contributed by atoms with Crippen molar-refractivity contribution >= 4 is 5.65 Å². The van der Waals surface area contributed by atoms with Gasteiger partial charge in [0.25, 0.3) is 5.56 Å². The van der Waals surface area contributed by atoms with E-state index in [9.17, 15) is 9.18 Å². The molecule has 3 aromatic heterocycles. The number of aromatic nitrogens is 3. The number of aromatic amines is 1. The second kappa shape index (κ2) is 7.60. The van der Waals surface area contributed by atoms with Gasteiger partial charge >= 0.3 is 0 Å². The molecule has 4 aromatic rings. The molecule has 1 N–H and O–H groups in total. The molecule has 0 atom stereocenters. The van der Waals surface area contributed by atoms with Crippen LogP contribution < -0.4 is 10.3 Å². The number of rotatable bonds is 5. The maximum absolute atomic E-state index is 13.1. The molecule has 144 valence electrons. The van der Waals surface area contributed by atoms with Gasteiger partial charge in [-0.15, -0.1) is 0 Å². The van der Waals surface area contributed by atoms with Gasteiger partial charge in [-0.3, -0.25) is 4.79 Å². The number of ether oxygens (including phenoxy) is 1. The summed E-state index contributed by atoms with van der Waals surface area (Å²) in [6, 6.07) is 13.4. The zero-order chi connectivity index (χ0) is 20.4. The topological polar surface area (TPSA) is 83.2 Å². The van der Waals surface area contributed by atoms with Crippen molar-refractivity contribution in [2.45, 2.75) is 20.0 Å². The molecule has 0 amide bonds. The number of aryl methyl sites for hydroxylation is 1. The fourth-order valence-corrected chi connectivity index (χ4v) is 3.20. The summed E-state index contributed by atoms with van der Waals surface area (Å²) < 4.78 is 20.8. The lowest BCUT2D eigenvalue weighted by atomic mass is 10.1. The van der Waals surface area contributed by atoms with E-state index in [-0.39, 0.29) is 24.4 Å². The molecule has 0 aliphatic carbocycles. The molecule has 4 rings (SSSR count). The molecular formula is C22H17FN4O2. The smallest absolute Gasteiger partial charge is 0.259 e. The van der Waals surface area contributed by atoms with Crippen LogP contribution in [0.5, 0.6) is 5.75 Å². The average Bonchev–Trinajstić information content (AvgIpc) is 3.03. The van der Waals surface area contributed by atoms with E-state index in [0.29, 0.717) is 28.2 Å². The maximum atomic E-state index is 13.1. The highest BCUT2D eigenvalue weighted by molar-refractivity contribution is 5.70. The number of nitrogens with zero attached hydrogens (tertiary/aromatic N) is 3. The highest BCUT2D eigenvalue weighted by atomic mass is 19.1. The van der Waals surface area contributed by atoms with Crippen molar-refractivity contribution < 1.29 is 9.13 Å². The van der Waals surface area contributed by atoms with Gasteiger partial charge in [-0.25, -0.2) is 9.37 Å². The molecule has 0 bridgehead atoms. The summed E-state index contributed by atoms with van der Waals surface area (Å²) in [5, 5.41) is 8.96. The van der Waals surface area contributed by atoms with E-state index >= 15 is 0 Å². The minimum Gasteiger partial charge on any atom is -0.488 e. The fraction of sp³-hybridized carbons (Fsp3) is 0.136. The van der Waals surface area contributed by atoms with Crippen molar-refractivity contribution in [3.05, 3.63) is 88.0 Å². The van der Waals surface area contributed by atoms with E-state index in [1.807, 2.05) is 17.5 Å². The van der Waals surface area contributed by atoms with Gasteiger partial charge < -0.3 is 14.1 Å². The van der Waals surface area contributed by atoms with Gasteiger partial charge in [0.15, 0.2) is 0 Å². The molecule has 0 fully saturated rings. The molecule has 0 spiro atoms. The van der Waals surface area contributed by atoms with Crippen LogP contribution in [0.15, 0.2) is 59.7 Å². The Labute approximate surface area is 165 Å². The Morgan fingerprint density at radius 2 is 2.00 bits per heavy atom. The minimum absolute atomic E-state index is 0.204. The Balaban J connectivity index is 1.73. The number of fused-ring (bicyclic) bond motifs is 1. The van der Waals surface area contributed by atoms with Crippen LogP contribution in [-0.2, 0) is 13.0 Å². The first-order chi connectivity index (χ1) is 14.1. The zero-order valence-electron chi connectivity index (χ0n) is 15.6. The summed E-state index contributed by atoms with van der Waals surface area (Å²) in [6.07, 6.45) is 3.56. The summed E-state index contributed by atoms with van der Waals surface area (Å²) in [6.45, 7) is 2.09. The molecule has 0 saturated carbocycles. The second-order valence-electron chi connectivity index (χ2n) is 6.59. The maximum Gasteiger partial charge on any atom is 0.259 e. The summed E-state index contributed by atoms with van der Waals surface area (Å²) in [5.74, 6) is 0.109. The fourth-order valence-electron chi connectivity index (χ4n) is 3.20. The number of H-pyrrole nitrogens is 1. The van der Waals surface area contributed by atoms with E-state index in [2.05, 4.69) is 16.0 Å². The summed E-state index contributed by atoms with van der Waals surface area (Å²) in [4.78, 5) is 19.7. The Bertz CT molecular complexity index is 1280. The lowest BCUT2D eigenvalue weighted by Gasteiger charge is -2.11.